The van der Waals surface area contributed by atoms with Gasteiger partial charge in [0.05, 0.1) is 0 Å². The van der Waals surface area contributed by atoms with Crippen molar-refractivity contribution in [2.45, 2.75) is 59.1 Å². The van der Waals surface area contributed by atoms with Crippen LogP contribution in [0.25, 0.3) is 0 Å². The van der Waals surface area contributed by atoms with Gasteiger partial charge < -0.3 is 20.1 Å². The Labute approximate surface area is 129 Å². The van der Waals surface area contributed by atoms with Crippen LogP contribution in [-0.2, 0) is 4.74 Å². The van der Waals surface area contributed by atoms with Crippen LogP contribution in [-0.4, -0.2) is 54.0 Å². The van der Waals surface area contributed by atoms with E-state index >= 15 is 0 Å². The van der Waals surface area contributed by atoms with Gasteiger partial charge in [-0.15, -0.1) is 0 Å². The first-order chi connectivity index (χ1) is 9.69. The summed E-state index contributed by atoms with van der Waals surface area (Å²) in [5.74, 6) is 1.03. The molecular formula is C16H32N2O3. The molecule has 0 radical (unpaired) electrons. The number of nitrogens with zero attached hydrogens (tertiary/aromatic N) is 1. The molecule has 1 heterocycles. The first kappa shape index (κ1) is 18.2. The molecule has 1 saturated heterocycles. The highest BCUT2D eigenvalue weighted by atomic mass is 16.6. The summed E-state index contributed by atoms with van der Waals surface area (Å²) in [7, 11) is 0. The Morgan fingerprint density at radius 2 is 2.05 bits per heavy atom. The topological polar surface area (TPSA) is 61.8 Å². The summed E-state index contributed by atoms with van der Waals surface area (Å²) in [5.41, 5.74) is -0.471. The first-order valence-electron chi connectivity index (χ1n) is 8.02. The van der Waals surface area contributed by atoms with E-state index in [0.717, 1.165) is 32.5 Å². The average Bonchev–Trinajstić information content (AvgIpc) is 2.24. The van der Waals surface area contributed by atoms with Crippen molar-refractivity contribution in [3.05, 3.63) is 0 Å². The lowest BCUT2D eigenvalue weighted by atomic mass is 9.91. The molecule has 1 amide bonds. The van der Waals surface area contributed by atoms with E-state index < -0.39 is 5.60 Å². The van der Waals surface area contributed by atoms with Crippen molar-refractivity contribution in [2.24, 2.45) is 11.8 Å². The summed E-state index contributed by atoms with van der Waals surface area (Å²) in [5, 5.41) is 12.2. The summed E-state index contributed by atoms with van der Waals surface area (Å²) in [6.07, 6.45) is 1.36. The Hall–Kier alpha value is -0.810. The molecule has 0 bridgehead atoms. The van der Waals surface area contributed by atoms with Crippen molar-refractivity contribution < 1.29 is 14.6 Å². The molecule has 0 spiro atoms. The third-order valence-corrected chi connectivity index (χ3v) is 3.49. The number of aliphatic hydroxyl groups excluding tert-OH is 1. The fourth-order valence-corrected chi connectivity index (χ4v) is 2.94. The lowest BCUT2D eigenvalue weighted by Crippen LogP contribution is -2.52. The van der Waals surface area contributed by atoms with Crippen LogP contribution >= 0.6 is 0 Å². The Morgan fingerprint density at radius 1 is 1.38 bits per heavy atom. The lowest BCUT2D eigenvalue weighted by Gasteiger charge is -2.39. The number of nitrogens with one attached hydrogen (secondary N) is 1. The zero-order valence-corrected chi connectivity index (χ0v) is 14.2. The third-order valence-electron chi connectivity index (χ3n) is 3.49. The zero-order chi connectivity index (χ0) is 16.0. The van der Waals surface area contributed by atoms with E-state index in [4.69, 9.17) is 4.74 Å². The van der Waals surface area contributed by atoms with Crippen LogP contribution in [0.5, 0.6) is 0 Å². The number of ether oxygens (including phenoxy) is 1. The summed E-state index contributed by atoms with van der Waals surface area (Å²) in [4.78, 5) is 14.3. The van der Waals surface area contributed by atoms with Crippen LogP contribution in [0.4, 0.5) is 4.79 Å². The van der Waals surface area contributed by atoms with Crippen LogP contribution in [0.3, 0.4) is 0 Å². The molecule has 5 heteroatoms. The standard InChI is InChI=1S/C16H32N2O3/c1-12(2)9-18-10-13(6-7-19)8-14(11-18)17-15(20)21-16(3,4)5/h12-14,19H,6-11H2,1-5H3,(H,17,20). The number of carbonyl (C=O) groups excluding carboxylic acids is 1. The van der Waals surface area contributed by atoms with E-state index in [1.807, 2.05) is 20.8 Å². The Bertz CT molecular complexity index is 326. The van der Waals surface area contributed by atoms with Gasteiger partial charge in [0.1, 0.15) is 5.60 Å². The Kier molecular flexibility index (Phi) is 6.94. The lowest BCUT2D eigenvalue weighted by molar-refractivity contribution is 0.0433. The molecular weight excluding hydrogens is 268 g/mol. The third kappa shape index (κ3) is 7.67. The molecule has 2 unspecified atom stereocenters. The molecule has 0 saturated carbocycles. The van der Waals surface area contributed by atoms with E-state index in [0.29, 0.717) is 11.8 Å². The maximum absolute atomic E-state index is 11.9. The summed E-state index contributed by atoms with van der Waals surface area (Å²) < 4.78 is 5.33. The predicted octanol–water partition coefficient (Wildman–Crippen LogP) is 2.24. The molecule has 0 aromatic rings. The quantitative estimate of drug-likeness (QED) is 0.817. The molecule has 1 rings (SSSR count). The minimum absolute atomic E-state index is 0.101. The fraction of sp³-hybridized carbons (Fsp3) is 0.938. The van der Waals surface area contributed by atoms with Crippen LogP contribution in [0.2, 0.25) is 0 Å². The predicted molar refractivity (Wildman–Crippen MR) is 84.2 cm³/mol. The fourth-order valence-electron chi connectivity index (χ4n) is 2.94. The molecule has 5 nitrogen and oxygen atoms in total. The van der Waals surface area contributed by atoms with Crippen LogP contribution in [0.15, 0.2) is 0 Å². The van der Waals surface area contributed by atoms with E-state index in [1.54, 1.807) is 0 Å². The van der Waals surface area contributed by atoms with Crippen molar-refractivity contribution in [2.75, 3.05) is 26.2 Å². The van der Waals surface area contributed by atoms with Gasteiger partial charge in [0.15, 0.2) is 0 Å². The zero-order valence-electron chi connectivity index (χ0n) is 14.2. The van der Waals surface area contributed by atoms with Gasteiger partial charge in [-0.05, 0) is 45.4 Å². The molecule has 1 aliphatic heterocycles. The van der Waals surface area contributed by atoms with Crippen molar-refractivity contribution >= 4 is 6.09 Å². The van der Waals surface area contributed by atoms with Gasteiger partial charge in [0.25, 0.3) is 0 Å². The molecule has 124 valence electrons. The molecule has 0 aliphatic carbocycles. The number of rotatable bonds is 5. The van der Waals surface area contributed by atoms with Crippen LogP contribution in [0.1, 0.15) is 47.5 Å². The molecule has 2 atom stereocenters. The Morgan fingerprint density at radius 3 is 2.57 bits per heavy atom. The maximum Gasteiger partial charge on any atom is 0.407 e. The monoisotopic (exact) mass is 300 g/mol. The number of amides is 1. The van der Waals surface area contributed by atoms with Crippen molar-refractivity contribution in [1.29, 1.82) is 0 Å². The highest BCUT2D eigenvalue weighted by Crippen LogP contribution is 2.21. The Balaban J connectivity index is 2.56. The van der Waals surface area contributed by atoms with Crippen molar-refractivity contribution in [3.63, 3.8) is 0 Å². The molecule has 1 fully saturated rings. The summed E-state index contributed by atoms with van der Waals surface area (Å²) in [6.45, 7) is 13.1. The number of aliphatic hydroxyl groups is 1. The average molecular weight is 300 g/mol. The number of carbonyl (C=O) groups is 1. The normalized spacial score (nSPS) is 24.1. The smallest absolute Gasteiger partial charge is 0.407 e. The highest BCUT2D eigenvalue weighted by Gasteiger charge is 2.29. The van der Waals surface area contributed by atoms with Gasteiger partial charge in [-0.1, -0.05) is 13.8 Å². The second-order valence-corrected chi connectivity index (χ2v) is 7.57. The number of alkyl carbamates (subject to hydrolysis) is 1. The van der Waals surface area contributed by atoms with Crippen LogP contribution in [0, 0.1) is 11.8 Å². The second-order valence-electron chi connectivity index (χ2n) is 7.57. The van der Waals surface area contributed by atoms with Gasteiger partial charge >= 0.3 is 6.09 Å². The van der Waals surface area contributed by atoms with Gasteiger partial charge in [-0.3, -0.25) is 0 Å². The highest BCUT2D eigenvalue weighted by molar-refractivity contribution is 5.68. The van der Waals surface area contributed by atoms with E-state index in [9.17, 15) is 9.90 Å². The van der Waals surface area contributed by atoms with Crippen molar-refractivity contribution in [1.82, 2.24) is 10.2 Å². The first-order valence-corrected chi connectivity index (χ1v) is 8.02. The molecule has 2 N–H and O–H groups in total. The van der Waals surface area contributed by atoms with Gasteiger partial charge in [0.2, 0.25) is 0 Å². The van der Waals surface area contributed by atoms with Gasteiger partial charge in [-0.2, -0.15) is 0 Å². The maximum atomic E-state index is 11.9. The number of piperidine rings is 1. The largest absolute Gasteiger partial charge is 0.444 e. The van der Waals surface area contributed by atoms with Gasteiger partial charge in [-0.25, -0.2) is 4.79 Å². The van der Waals surface area contributed by atoms with Gasteiger partial charge in [0, 0.05) is 32.3 Å². The molecule has 21 heavy (non-hydrogen) atoms. The number of hydrogen-bond donors (Lipinski definition) is 2. The number of hydrogen-bond acceptors (Lipinski definition) is 4. The van der Waals surface area contributed by atoms with E-state index in [2.05, 4.69) is 24.1 Å². The minimum atomic E-state index is -0.471. The summed E-state index contributed by atoms with van der Waals surface area (Å²) in [6, 6.07) is 0.101. The van der Waals surface area contributed by atoms with Crippen molar-refractivity contribution in [3.8, 4) is 0 Å². The van der Waals surface area contributed by atoms with E-state index in [1.165, 1.54) is 0 Å². The number of likely N-dealkylation sites (tertiary alicyclic amines) is 1. The molecule has 1 aliphatic rings. The molecule has 0 aromatic carbocycles. The SMILES string of the molecule is CC(C)CN1CC(CCO)CC(NC(=O)OC(C)(C)C)C1. The second kappa shape index (κ2) is 7.99. The van der Waals surface area contributed by atoms with Crippen LogP contribution < -0.4 is 5.32 Å². The summed E-state index contributed by atoms with van der Waals surface area (Å²) >= 11 is 0. The van der Waals surface area contributed by atoms with E-state index in [-0.39, 0.29) is 18.7 Å². The minimum Gasteiger partial charge on any atom is -0.444 e. The molecule has 0 aromatic heterocycles.